The number of nitrogens with zero attached hydrogens (tertiary/aromatic N) is 2. The molecule has 0 saturated heterocycles. The van der Waals surface area contributed by atoms with E-state index in [4.69, 9.17) is 20.8 Å². The molecule has 0 aliphatic carbocycles. The van der Waals surface area contributed by atoms with Gasteiger partial charge in [-0.15, -0.1) is 0 Å². The van der Waals surface area contributed by atoms with E-state index in [1.165, 1.54) is 24.3 Å². The van der Waals surface area contributed by atoms with Crippen LogP contribution in [0.2, 0.25) is 5.02 Å². The van der Waals surface area contributed by atoms with Gasteiger partial charge in [0.25, 0.3) is 0 Å². The zero-order valence-corrected chi connectivity index (χ0v) is 17.1. The Bertz CT molecular complexity index is 1020. The highest BCUT2D eigenvalue weighted by Gasteiger charge is 2.19. The molecule has 6 nitrogen and oxygen atoms in total. The van der Waals surface area contributed by atoms with Gasteiger partial charge in [-0.05, 0) is 29.8 Å². The predicted molar refractivity (Wildman–Crippen MR) is 109 cm³/mol. The summed E-state index contributed by atoms with van der Waals surface area (Å²) < 4.78 is 24.2. The van der Waals surface area contributed by atoms with Gasteiger partial charge in [-0.2, -0.15) is 0 Å². The molecule has 3 rings (SSSR count). The second-order valence-electron chi connectivity index (χ2n) is 6.55. The first-order valence-corrected chi connectivity index (χ1v) is 9.62. The highest BCUT2D eigenvalue weighted by atomic mass is 35.5. The fourth-order valence-electron chi connectivity index (χ4n) is 2.85. The number of esters is 1. The van der Waals surface area contributed by atoms with Crippen molar-refractivity contribution < 1.29 is 23.1 Å². The molecule has 1 aromatic heterocycles. The number of amides is 1. The predicted octanol–water partition coefficient (Wildman–Crippen LogP) is 4.27. The third-order valence-corrected chi connectivity index (χ3v) is 4.68. The molecule has 0 fully saturated rings. The fraction of sp³-hybridized carbons (Fsp3) is 0.227. The minimum Gasteiger partial charge on any atom is -0.468 e. The van der Waals surface area contributed by atoms with E-state index in [0.29, 0.717) is 22.2 Å². The van der Waals surface area contributed by atoms with Crippen LogP contribution in [0.25, 0.3) is 11.3 Å². The average molecular weight is 431 g/mol. The van der Waals surface area contributed by atoms with E-state index < -0.39 is 11.8 Å². The van der Waals surface area contributed by atoms with Crippen LogP contribution in [-0.4, -0.2) is 35.4 Å². The summed E-state index contributed by atoms with van der Waals surface area (Å²) in [4.78, 5) is 30.0. The first kappa shape index (κ1) is 21.5. The number of benzene rings is 2. The Morgan fingerprint density at radius 2 is 1.90 bits per heavy atom. The normalized spacial score (nSPS) is 10.6. The number of methoxy groups -OCH3 is 1. The number of oxazole rings is 1. The Hall–Kier alpha value is -3.19. The van der Waals surface area contributed by atoms with Gasteiger partial charge in [0.15, 0.2) is 11.7 Å². The lowest BCUT2D eigenvalue weighted by atomic mass is 10.2. The number of hydrogen-bond donors (Lipinski definition) is 0. The number of carbonyl (C=O) groups excluding carboxylic acids is 2. The molecule has 0 saturated carbocycles. The lowest BCUT2D eigenvalue weighted by Crippen LogP contribution is -2.35. The standard InChI is InChI=1S/C22H20ClFN2O4/c1-29-22(28)14-26(13-15-6-8-16(23)9-7-15)21(27)11-10-20-25-12-19(30-20)17-4-2-3-5-18(17)24/h2-9,12H,10-11,13-14H2,1H3. The van der Waals surface area contributed by atoms with Gasteiger partial charge in [-0.3, -0.25) is 9.59 Å². The van der Waals surface area contributed by atoms with Crippen LogP contribution in [0.3, 0.4) is 0 Å². The number of rotatable bonds is 8. The second kappa shape index (κ2) is 10.0. The van der Waals surface area contributed by atoms with Crippen molar-refractivity contribution >= 4 is 23.5 Å². The maximum Gasteiger partial charge on any atom is 0.325 e. The minimum atomic E-state index is -0.518. The molecule has 0 aliphatic heterocycles. The molecule has 3 aromatic rings. The third kappa shape index (κ3) is 5.67. The van der Waals surface area contributed by atoms with E-state index in [9.17, 15) is 14.0 Å². The lowest BCUT2D eigenvalue weighted by Gasteiger charge is -2.21. The molecule has 1 heterocycles. The van der Waals surface area contributed by atoms with Crippen LogP contribution in [0.4, 0.5) is 4.39 Å². The summed E-state index contributed by atoms with van der Waals surface area (Å²) in [5.41, 5.74) is 1.13. The zero-order valence-electron chi connectivity index (χ0n) is 16.3. The van der Waals surface area contributed by atoms with E-state index in [1.807, 2.05) is 0 Å². The van der Waals surface area contributed by atoms with Crippen LogP contribution >= 0.6 is 11.6 Å². The molecule has 0 N–H and O–H groups in total. The molecule has 2 aromatic carbocycles. The van der Waals surface area contributed by atoms with Gasteiger partial charge in [0.2, 0.25) is 5.91 Å². The summed E-state index contributed by atoms with van der Waals surface area (Å²) in [6, 6.07) is 13.2. The Morgan fingerprint density at radius 1 is 1.17 bits per heavy atom. The third-order valence-electron chi connectivity index (χ3n) is 4.43. The van der Waals surface area contributed by atoms with Gasteiger partial charge >= 0.3 is 5.97 Å². The van der Waals surface area contributed by atoms with Gasteiger partial charge in [0, 0.05) is 24.4 Å². The molecule has 1 amide bonds. The largest absolute Gasteiger partial charge is 0.468 e. The Labute approximate surface area is 178 Å². The Morgan fingerprint density at radius 3 is 2.60 bits per heavy atom. The van der Waals surface area contributed by atoms with Crippen LogP contribution in [0.15, 0.2) is 59.1 Å². The summed E-state index contributed by atoms with van der Waals surface area (Å²) in [7, 11) is 1.27. The van der Waals surface area contributed by atoms with Crippen molar-refractivity contribution in [1.82, 2.24) is 9.88 Å². The van der Waals surface area contributed by atoms with Gasteiger partial charge < -0.3 is 14.1 Å². The van der Waals surface area contributed by atoms with Crippen LogP contribution in [0.1, 0.15) is 17.9 Å². The molecule has 0 bridgehead atoms. The highest BCUT2D eigenvalue weighted by Crippen LogP contribution is 2.23. The molecule has 0 unspecified atom stereocenters. The van der Waals surface area contributed by atoms with Crippen molar-refractivity contribution in [3.05, 3.63) is 77.0 Å². The van der Waals surface area contributed by atoms with E-state index >= 15 is 0 Å². The first-order valence-electron chi connectivity index (χ1n) is 9.25. The first-order chi connectivity index (χ1) is 14.5. The second-order valence-corrected chi connectivity index (χ2v) is 6.99. The van der Waals surface area contributed by atoms with Crippen LogP contribution in [0.5, 0.6) is 0 Å². The van der Waals surface area contributed by atoms with E-state index in [2.05, 4.69) is 4.98 Å². The van der Waals surface area contributed by atoms with Crippen LogP contribution in [-0.2, 0) is 27.3 Å². The van der Waals surface area contributed by atoms with Crippen molar-refractivity contribution in [1.29, 1.82) is 0 Å². The minimum absolute atomic E-state index is 0.0712. The number of ether oxygens (including phenoxy) is 1. The summed E-state index contributed by atoms with van der Waals surface area (Å²) in [5, 5.41) is 0.583. The molecule has 0 radical (unpaired) electrons. The lowest BCUT2D eigenvalue weighted by molar-refractivity contribution is -0.147. The maximum atomic E-state index is 13.9. The quantitative estimate of drug-likeness (QED) is 0.499. The SMILES string of the molecule is COC(=O)CN(Cc1ccc(Cl)cc1)C(=O)CCc1ncc(-c2ccccc2F)o1. The topological polar surface area (TPSA) is 72.6 Å². The van der Waals surface area contributed by atoms with Gasteiger partial charge in [0.1, 0.15) is 12.4 Å². The Balaban J connectivity index is 1.66. The smallest absolute Gasteiger partial charge is 0.325 e. The summed E-state index contributed by atoms with van der Waals surface area (Å²) in [5.74, 6) is -0.589. The van der Waals surface area contributed by atoms with Gasteiger partial charge in [-0.25, -0.2) is 9.37 Å². The average Bonchev–Trinajstić information content (AvgIpc) is 3.22. The van der Waals surface area contributed by atoms with Crippen molar-refractivity contribution in [2.24, 2.45) is 0 Å². The number of hydrogen-bond acceptors (Lipinski definition) is 5. The number of carbonyl (C=O) groups is 2. The number of halogens is 2. The van der Waals surface area contributed by atoms with Crippen molar-refractivity contribution in [2.75, 3.05) is 13.7 Å². The molecule has 0 aliphatic rings. The van der Waals surface area contributed by atoms with E-state index in [-0.39, 0.29) is 31.8 Å². The number of aryl methyl sites for hydroxylation is 1. The molecular weight excluding hydrogens is 411 g/mol. The molecule has 30 heavy (non-hydrogen) atoms. The summed E-state index contributed by atoms with van der Waals surface area (Å²) >= 11 is 5.90. The molecule has 8 heteroatoms. The maximum absolute atomic E-state index is 13.9. The molecule has 0 atom stereocenters. The van der Waals surface area contributed by atoms with Crippen LogP contribution in [0, 0.1) is 5.82 Å². The Kier molecular flexibility index (Phi) is 7.19. The van der Waals surface area contributed by atoms with Crippen LogP contribution < -0.4 is 0 Å². The zero-order chi connectivity index (χ0) is 21.5. The molecule has 0 spiro atoms. The van der Waals surface area contributed by atoms with Crippen molar-refractivity contribution in [2.45, 2.75) is 19.4 Å². The van der Waals surface area contributed by atoms with E-state index in [0.717, 1.165) is 5.56 Å². The summed E-state index contributed by atoms with van der Waals surface area (Å²) in [6.45, 7) is 0.0567. The van der Waals surface area contributed by atoms with Gasteiger partial charge in [-0.1, -0.05) is 35.9 Å². The van der Waals surface area contributed by atoms with Crippen molar-refractivity contribution in [3.63, 3.8) is 0 Å². The van der Waals surface area contributed by atoms with Gasteiger partial charge in [0.05, 0.1) is 18.9 Å². The number of aromatic nitrogens is 1. The molecular formula is C22H20ClFN2O4. The monoisotopic (exact) mass is 430 g/mol. The highest BCUT2D eigenvalue weighted by molar-refractivity contribution is 6.30. The fourth-order valence-corrected chi connectivity index (χ4v) is 2.97. The van der Waals surface area contributed by atoms with E-state index in [1.54, 1.807) is 42.5 Å². The summed E-state index contributed by atoms with van der Waals surface area (Å²) in [6.07, 6.45) is 1.71. The van der Waals surface area contributed by atoms with Crippen molar-refractivity contribution in [3.8, 4) is 11.3 Å². The molecule has 156 valence electrons.